The number of halogens is 3. The Balaban J connectivity index is 2.23. The quantitative estimate of drug-likeness (QED) is 0.686. The molecule has 0 amide bonds. The van der Waals surface area contributed by atoms with E-state index in [1.165, 1.54) is 0 Å². The monoisotopic (exact) mass is 322 g/mol. The summed E-state index contributed by atoms with van der Waals surface area (Å²) in [7, 11) is -0.871. The van der Waals surface area contributed by atoms with Gasteiger partial charge in [0.25, 0.3) is 5.69 Å². The average Bonchev–Trinajstić information content (AvgIpc) is 2.40. The first kappa shape index (κ1) is 15.7. The fourth-order valence-electron chi connectivity index (χ4n) is 2.14. The molecule has 1 heterocycles. The van der Waals surface area contributed by atoms with Crippen LogP contribution in [0.1, 0.15) is 18.4 Å². The van der Waals surface area contributed by atoms with Crippen LogP contribution in [0.2, 0.25) is 0 Å². The predicted octanol–water partition coefficient (Wildman–Crippen LogP) is 2.94. The summed E-state index contributed by atoms with van der Waals surface area (Å²) in [6.45, 7) is 0. The average molecular weight is 322 g/mol. The summed E-state index contributed by atoms with van der Waals surface area (Å²) in [5.74, 6) is 0.984. The lowest BCUT2D eigenvalue weighted by Gasteiger charge is -2.23. The van der Waals surface area contributed by atoms with Gasteiger partial charge in [0.05, 0.1) is 10.5 Å². The molecule has 0 atom stereocenters. The SMILES string of the molecule is O=[N+]([O-])c1cc(C(F)(F)F)ccc1NC1CCS(=O)CC1. The van der Waals surface area contributed by atoms with E-state index in [9.17, 15) is 27.5 Å². The number of nitro groups is 1. The lowest BCUT2D eigenvalue weighted by molar-refractivity contribution is -0.384. The van der Waals surface area contributed by atoms with E-state index in [0.29, 0.717) is 30.4 Å². The molecule has 0 bridgehead atoms. The van der Waals surface area contributed by atoms with Crippen LogP contribution in [0.5, 0.6) is 0 Å². The van der Waals surface area contributed by atoms with E-state index < -0.39 is 33.2 Å². The van der Waals surface area contributed by atoms with Gasteiger partial charge in [-0.3, -0.25) is 14.3 Å². The highest BCUT2D eigenvalue weighted by molar-refractivity contribution is 7.85. The molecule has 1 saturated heterocycles. The fraction of sp³-hybridized carbons (Fsp3) is 0.500. The first-order valence-electron chi connectivity index (χ1n) is 6.24. The molecule has 1 aliphatic rings. The summed E-state index contributed by atoms with van der Waals surface area (Å²) < 4.78 is 49.0. The van der Waals surface area contributed by atoms with Gasteiger partial charge >= 0.3 is 6.18 Å². The number of hydrogen-bond acceptors (Lipinski definition) is 4. The summed E-state index contributed by atoms with van der Waals surface area (Å²) in [4.78, 5) is 10.1. The fourth-order valence-corrected chi connectivity index (χ4v) is 3.44. The summed E-state index contributed by atoms with van der Waals surface area (Å²) in [5, 5.41) is 13.8. The van der Waals surface area contributed by atoms with Crippen molar-refractivity contribution in [2.24, 2.45) is 0 Å². The number of alkyl halides is 3. The summed E-state index contributed by atoms with van der Waals surface area (Å²) in [5.41, 5.74) is -1.59. The Hall–Kier alpha value is -1.64. The maximum absolute atomic E-state index is 12.6. The molecule has 1 N–H and O–H groups in total. The highest BCUT2D eigenvalue weighted by atomic mass is 32.2. The van der Waals surface area contributed by atoms with Crippen molar-refractivity contribution in [2.75, 3.05) is 16.8 Å². The van der Waals surface area contributed by atoms with E-state index in [4.69, 9.17) is 0 Å². The number of benzene rings is 1. The van der Waals surface area contributed by atoms with Crippen molar-refractivity contribution >= 4 is 22.2 Å². The third-order valence-corrected chi connectivity index (χ3v) is 4.65. The molecule has 9 heteroatoms. The molecule has 1 aliphatic heterocycles. The van der Waals surface area contributed by atoms with Crippen LogP contribution in [0.15, 0.2) is 18.2 Å². The largest absolute Gasteiger partial charge is 0.416 e. The van der Waals surface area contributed by atoms with Gasteiger partial charge in [-0.25, -0.2) is 0 Å². The zero-order valence-corrected chi connectivity index (χ0v) is 11.7. The minimum Gasteiger partial charge on any atom is -0.377 e. The van der Waals surface area contributed by atoms with E-state index in [-0.39, 0.29) is 11.7 Å². The van der Waals surface area contributed by atoms with Crippen LogP contribution in [0, 0.1) is 10.1 Å². The van der Waals surface area contributed by atoms with Crippen LogP contribution < -0.4 is 5.32 Å². The van der Waals surface area contributed by atoms with Crippen molar-refractivity contribution in [2.45, 2.75) is 25.1 Å². The van der Waals surface area contributed by atoms with Crippen molar-refractivity contribution < 1.29 is 22.3 Å². The highest BCUT2D eigenvalue weighted by Gasteiger charge is 2.33. The Morgan fingerprint density at radius 2 is 1.90 bits per heavy atom. The lowest BCUT2D eigenvalue weighted by atomic mass is 10.1. The van der Waals surface area contributed by atoms with E-state index in [0.717, 1.165) is 12.1 Å². The lowest BCUT2D eigenvalue weighted by Crippen LogP contribution is -2.29. The second kappa shape index (κ2) is 6.00. The van der Waals surface area contributed by atoms with Crippen LogP contribution in [-0.2, 0) is 17.0 Å². The molecule has 1 aromatic rings. The number of nitrogens with one attached hydrogen (secondary N) is 1. The van der Waals surface area contributed by atoms with Crippen molar-refractivity contribution in [3.8, 4) is 0 Å². The molecule has 0 aliphatic carbocycles. The van der Waals surface area contributed by atoms with Gasteiger partial charge in [-0.15, -0.1) is 0 Å². The minimum atomic E-state index is -4.62. The van der Waals surface area contributed by atoms with Crippen LogP contribution in [-0.4, -0.2) is 26.7 Å². The molecule has 0 aromatic heterocycles. The van der Waals surface area contributed by atoms with Crippen molar-refractivity contribution in [3.63, 3.8) is 0 Å². The summed E-state index contributed by atoms with van der Waals surface area (Å²) in [6.07, 6.45) is -3.47. The van der Waals surface area contributed by atoms with E-state index in [2.05, 4.69) is 5.32 Å². The Labute approximate surface area is 121 Å². The van der Waals surface area contributed by atoms with E-state index >= 15 is 0 Å². The number of anilines is 1. The summed E-state index contributed by atoms with van der Waals surface area (Å²) >= 11 is 0. The predicted molar refractivity (Wildman–Crippen MR) is 72.6 cm³/mol. The van der Waals surface area contributed by atoms with Gasteiger partial charge < -0.3 is 5.32 Å². The second-order valence-corrected chi connectivity index (χ2v) is 6.45. The topological polar surface area (TPSA) is 72.2 Å². The molecule has 0 saturated carbocycles. The van der Waals surface area contributed by atoms with Gasteiger partial charge in [0.2, 0.25) is 0 Å². The van der Waals surface area contributed by atoms with Crippen LogP contribution >= 0.6 is 0 Å². The normalized spacial score (nSPS) is 22.8. The Kier molecular flexibility index (Phi) is 4.50. The van der Waals surface area contributed by atoms with Crippen LogP contribution in [0.4, 0.5) is 24.5 Å². The van der Waals surface area contributed by atoms with Gasteiger partial charge in [-0.2, -0.15) is 13.2 Å². The molecule has 116 valence electrons. The number of nitrogens with zero attached hydrogens (tertiary/aromatic N) is 1. The molecule has 0 spiro atoms. The number of hydrogen-bond donors (Lipinski definition) is 1. The molecule has 2 rings (SSSR count). The summed E-state index contributed by atoms with van der Waals surface area (Å²) in [6, 6.07) is 2.31. The second-order valence-electron chi connectivity index (χ2n) is 4.75. The minimum absolute atomic E-state index is 0.0608. The van der Waals surface area contributed by atoms with E-state index in [1.807, 2.05) is 0 Å². The Morgan fingerprint density at radius 1 is 1.29 bits per heavy atom. The van der Waals surface area contributed by atoms with Crippen molar-refractivity contribution in [1.82, 2.24) is 0 Å². The third-order valence-electron chi connectivity index (χ3n) is 3.27. The molecular formula is C12H13F3N2O3S. The number of nitro benzene ring substituents is 1. The third kappa shape index (κ3) is 3.93. The molecule has 1 aromatic carbocycles. The van der Waals surface area contributed by atoms with E-state index in [1.54, 1.807) is 0 Å². The molecule has 0 unspecified atom stereocenters. The zero-order chi connectivity index (χ0) is 15.6. The molecule has 21 heavy (non-hydrogen) atoms. The molecule has 5 nitrogen and oxygen atoms in total. The molecular weight excluding hydrogens is 309 g/mol. The highest BCUT2D eigenvalue weighted by Crippen LogP contribution is 2.35. The van der Waals surface area contributed by atoms with Gasteiger partial charge in [0, 0.05) is 34.4 Å². The van der Waals surface area contributed by atoms with Crippen LogP contribution in [0.3, 0.4) is 0 Å². The Bertz CT molecular complexity index is 567. The maximum atomic E-state index is 12.6. The maximum Gasteiger partial charge on any atom is 0.416 e. The Morgan fingerprint density at radius 3 is 2.43 bits per heavy atom. The van der Waals surface area contributed by atoms with Crippen LogP contribution in [0.25, 0.3) is 0 Å². The van der Waals surface area contributed by atoms with Crippen molar-refractivity contribution in [1.29, 1.82) is 0 Å². The standard InChI is InChI=1S/C12H13F3N2O3S/c13-12(14,15)8-1-2-10(11(7-8)17(18)19)16-9-3-5-21(20)6-4-9/h1-2,7,9,16H,3-6H2. The first-order chi connectivity index (χ1) is 9.77. The molecule has 0 radical (unpaired) electrons. The van der Waals surface area contributed by atoms with Crippen molar-refractivity contribution in [3.05, 3.63) is 33.9 Å². The van der Waals surface area contributed by atoms with Gasteiger partial charge in [-0.05, 0) is 25.0 Å². The number of rotatable bonds is 3. The molecule has 1 fully saturated rings. The van der Waals surface area contributed by atoms with Gasteiger partial charge in [-0.1, -0.05) is 0 Å². The smallest absolute Gasteiger partial charge is 0.377 e. The first-order valence-corrected chi connectivity index (χ1v) is 7.73. The zero-order valence-electron chi connectivity index (χ0n) is 10.9. The van der Waals surface area contributed by atoms with Gasteiger partial charge in [0.15, 0.2) is 0 Å². The van der Waals surface area contributed by atoms with Gasteiger partial charge in [0.1, 0.15) is 5.69 Å².